The first-order chi connectivity index (χ1) is 4.56. The van der Waals surface area contributed by atoms with Crippen molar-refractivity contribution in [3.05, 3.63) is 0 Å². The standard InChI is InChI=1S/C4H10N2O4/c5-6-4(10,1-2-7)3(8)9/h6-7,10H,1-2,5H2,(H,8,9)/t4-/m0/s1. The lowest BCUT2D eigenvalue weighted by molar-refractivity contribution is -0.164. The predicted molar refractivity (Wildman–Crippen MR) is 31.6 cm³/mol. The van der Waals surface area contributed by atoms with Crippen molar-refractivity contribution in [1.29, 1.82) is 0 Å². The van der Waals surface area contributed by atoms with Crippen molar-refractivity contribution in [3.63, 3.8) is 0 Å². The molecule has 0 saturated carbocycles. The Bertz CT molecular complexity index is 128. The Kier molecular flexibility index (Phi) is 3.23. The Balaban J connectivity index is 4.08. The van der Waals surface area contributed by atoms with Crippen molar-refractivity contribution >= 4 is 5.97 Å². The van der Waals surface area contributed by atoms with Gasteiger partial charge in [0.1, 0.15) is 0 Å². The molecule has 1 atom stereocenters. The van der Waals surface area contributed by atoms with Gasteiger partial charge in [-0.05, 0) is 0 Å². The number of carboxylic acids is 1. The maximum absolute atomic E-state index is 10.1. The van der Waals surface area contributed by atoms with Crippen LogP contribution >= 0.6 is 0 Å². The van der Waals surface area contributed by atoms with Crippen LogP contribution in [0.4, 0.5) is 0 Å². The average Bonchev–Trinajstić information content (AvgIpc) is 1.88. The third kappa shape index (κ3) is 1.92. The molecule has 0 amide bonds. The molecule has 0 aliphatic carbocycles. The largest absolute Gasteiger partial charge is 0.478 e. The number of hydrazine groups is 1. The lowest BCUT2D eigenvalue weighted by Gasteiger charge is -2.20. The number of hydrogen-bond acceptors (Lipinski definition) is 5. The molecule has 6 heteroatoms. The van der Waals surface area contributed by atoms with Gasteiger partial charge in [0.05, 0.1) is 0 Å². The molecule has 0 radical (unpaired) electrons. The maximum Gasteiger partial charge on any atom is 0.352 e. The van der Waals surface area contributed by atoms with Crippen molar-refractivity contribution in [2.45, 2.75) is 12.1 Å². The Morgan fingerprint density at radius 3 is 2.30 bits per heavy atom. The molecule has 0 aromatic rings. The molecular weight excluding hydrogens is 140 g/mol. The van der Waals surface area contributed by atoms with Gasteiger partial charge in [0.15, 0.2) is 0 Å². The highest BCUT2D eigenvalue weighted by Crippen LogP contribution is 2.02. The number of nitrogens with one attached hydrogen (secondary N) is 1. The Labute approximate surface area is 57.2 Å². The minimum absolute atomic E-state index is 0.348. The molecule has 0 heterocycles. The van der Waals surface area contributed by atoms with E-state index in [-0.39, 0.29) is 6.42 Å². The summed E-state index contributed by atoms with van der Waals surface area (Å²) in [5.74, 6) is 3.19. The highest BCUT2D eigenvalue weighted by molar-refractivity contribution is 5.76. The predicted octanol–water partition coefficient (Wildman–Crippen LogP) is -2.39. The number of aliphatic hydroxyl groups is 2. The van der Waals surface area contributed by atoms with Crippen LogP contribution in [0.15, 0.2) is 0 Å². The van der Waals surface area contributed by atoms with E-state index in [0.717, 1.165) is 0 Å². The molecule has 0 saturated heterocycles. The van der Waals surface area contributed by atoms with Crippen molar-refractivity contribution in [1.82, 2.24) is 5.43 Å². The highest BCUT2D eigenvalue weighted by atomic mass is 16.4. The van der Waals surface area contributed by atoms with Crippen LogP contribution in [0.3, 0.4) is 0 Å². The van der Waals surface area contributed by atoms with Gasteiger partial charge in [-0.15, -0.1) is 0 Å². The van der Waals surface area contributed by atoms with Gasteiger partial charge in [-0.2, -0.15) is 0 Å². The minimum Gasteiger partial charge on any atom is -0.478 e. The Morgan fingerprint density at radius 2 is 2.20 bits per heavy atom. The van der Waals surface area contributed by atoms with Crippen LogP contribution < -0.4 is 11.3 Å². The van der Waals surface area contributed by atoms with Crippen molar-refractivity contribution in [2.75, 3.05) is 6.61 Å². The summed E-state index contributed by atoms with van der Waals surface area (Å²) in [5, 5.41) is 25.4. The summed E-state index contributed by atoms with van der Waals surface area (Å²) in [7, 11) is 0. The fourth-order valence-corrected chi connectivity index (χ4v) is 0.403. The van der Waals surface area contributed by atoms with Crippen LogP contribution in [0.25, 0.3) is 0 Å². The zero-order chi connectivity index (χ0) is 8.20. The molecule has 0 fully saturated rings. The topological polar surface area (TPSA) is 116 Å². The van der Waals surface area contributed by atoms with E-state index in [9.17, 15) is 4.79 Å². The van der Waals surface area contributed by atoms with Gasteiger partial charge in [-0.3, -0.25) is 5.84 Å². The van der Waals surface area contributed by atoms with Crippen LogP contribution in [0.5, 0.6) is 0 Å². The molecule has 0 aromatic heterocycles. The third-order valence-electron chi connectivity index (χ3n) is 1.07. The zero-order valence-corrected chi connectivity index (χ0v) is 5.24. The summed E-state index contributed by atoms with van der Waals surface area (Å²) in [6.45, 7) is -0.451. The van der Waals surface area contributed by atoms with E-state index >= 15 is 0 Å². The molecule has 0 aromatic carbocycles. The average molecular weight is 150 g/mol. The van der Waals surface area contributed by atoms with Crippen LogP contribution in [0, 0.1) is 0 Å². The minimum atomic E-state index is -2.21. The van der Waals surface area contributed by atoms with Crippen LogP contribution in [-0.4, -0.2) is 33.6 Å². The van der Waals surface area contributed by atoms with Gasteiger partial charge in [-0.25, -0.2) is 10.2 Å². The number of aliphatic carboxylic acids is 1. The number of rotatable bonds is 4. The molecule has 0 aliphatic rings. The molecule has 0 unspecified atom stereocenters. The summed E-state index contributed by atoms with van der Waals surface area (Å²) in [4.78, 5) is 10.1. The number of nitrogens with two attached hydrogens (primary N) is 1. The number of carbonyl (C=O) groups is 1. The first-order valence-corrected chi connectivity index (χ1v) is 2.61. The summed E-state index contributed by atoms with van der Waals surface area (Å²) in [5.41, 5.74) is -0.539. The van der Waals surface area contributed by atoms with Gasteiger partial charge < -0.3 is 15.3 Å². The molecule has 60 valence electrons. The van der Waals surface area contributed by atoms with E-state index < -0.39 is 18.3 Å². The second kappa shape index (κ2) is 3.47. The molecule has 0 aliphatic heterocycles. The van der Waals surface area contributed by atoms with Crippen molar-refractivity contribution in [2.24, 2.45) is 5.84 Å². The molecule has 6 N–H and O–H groups in total. The van der Waals surface area contributed by atoms with E-state index in [1.807, 2.05) is 0 Å². The van der Waals surface area contributed by atoms with E-state index in [2.05, 4.69) is 0 Å². The molecular formula is C4H10N2O4. The summed E-state index contributed by atoms with van der Waals surface area (Å²) in [6.07, 6.45) is -0.348. The SMILES string of the molecule is NN[C@](O)(CCO)C(=O)O. The van der Waals surface area contributed by atoms with E-state index in [1.54, 1.807) is 5.43 Å². The fourth-order valence-electron chi connectivity index (χ4n) is 0.403. The number of aliphatic hydroxyl groups excluding tert-OH is 1. The van der Waals surface area contributed by atoms with Gasteiger partial charge in [0.2, 0.25) is 5.72 Å². The third-order valence-corrected chi connectivity index (χ3v) is 1.07. The summed E-state index contributed by atoms with van der Waals surface area (Å²) >= 11 is 0. The first-order valence-electron chi connectivity index (χ1n) is 2.61. The smallest absolute Gasteiger partial charge is 0.352 e. The van der Waals surface area contributed by atoms with Gasteiger partial charge in [0.25, 0.3) is 0 Å². The van der Waals surface area contributed by atoms with E-state index in [0.29, 0.717) is 0 Å². The van der Waals surface area contributed by atoms with Gasteiger partial charge in [-0.1, -0.05) is 0 Å². The summed E-state index contributed by atoms with van der Waals surface area (Å²) in [6, 6.07) is 0. The number of hydrogen-bond donors (Lipinski definition) is 5. The Morgan fingerprint density at radius 1 is 1.70 bits per heavy atom. The summed E-state index contributed by atoms with van der Waals surface area (Å²) < 4.78 is 0. The fraction of sp³-hybridized carbons (Fsp3) is 0.750. The van der Waals surface area contributed by atoms with Crippen LogP contribution in [0.1, 0.15) is 6.42 Å². The van der Waals surface area contributed by atoms with Crippen LogP contribution in [0.2, 0.25) is 0 Å². The van der Waals surface area contributed by atoms with E-state index in [1.165, 1.54) is 0 Å². The second-order valence-electron chi connectivity index (χ2n) is 1.78. The quantitative estimate of drug-likeness (QED) is 0.173. The normalized spacial score (nSPS) is 16.3. The number of carboxylic acid groups (broad SMARTS) is 1. The first kappa shape index (κ1) is 9.31. The lowest BCUT2D eigenvalue weighted by Crippen LogP contribution is -2.55. The lowest BCUT2D eigenvalue weighted by atomic mass is 10.2. The zero-order valence-electron chi connectivity index (χ0n) is 5.24. The Hall–Kier alpha value is -0.690. The molecule has 0 spiro atoms. The molecule has 6 nitrogen and oxygen atoms in total. The molecule has 0 rings (SSSR count). The van der Waals surface area contributed by atoms with E-state index in [4.69, 9.17) is 21.2 Å². The van der Waals surface area contributed by atoms with Gasteiger partial charge in [0, 0.05) is 13.0 Å². The maximum atomic E-state index is 10.1. The molecule has 0 bridgehead atoms. The van der Waals surface area contributed by atoms with Gasteiger partial charge >= 0.3 is 5.97 Å². The van der Waals surface area contributed by atoms with Crippen molar-refractivity contribution < 1.29 is 20.1 Å². The van der Waals surface area contributed by atoms with Crippen LogP contribution in [-0.2, 0) is 4.79 Å². The molecule has 10 heavy (non-hydrogen) atoms. The second-order valence-corrected chi connectivity index (χ2v) is 1.78. The van der Waals surface area contributed by atoms with Crippen molar-refractivity contribution in [3.8, 4) is 0 Å². The highest BCUT2D eigenvalue weighted by Gasteiger charge is 2.33. The monoisotopic (exact) mass is 150 g/mol.